The topological polar surface area (TPSA) is 28.2 Å². The molecule has 1 saturated carbocycles. The Balaban J connectivity index is 1.76. The van der Waals surface area contributed by atoms with Crippen molar-refractivity contribution in [2.45, 2.75) is 25.7 Å². The van der Waals surface area contributed by atoms with Crippen LogP contribution in [-0.2, 0) is 6.42 Å². The largest absolute Gasteiger partial charge is 0.319 e. The van der Waals surface area contributed by atoms with E-state index in [-0.39, 0.29) is 0 Å². The van der Waals surface area contributed by atoms with Crippen LogP contribution < -0.4 is 5.32 Å². The number of likely N-dealkylation sites (N-methyl/N-ethyl adjacent to an activating group) is 1. The van der Waals surface area contributed by atoms with Crippen LogP contribution in [0.5, 0.6) is 0 Å². The second-order valence-electron chi connectivity index (χ2n) is 5.73. The maximum atomic E-state index is 4.17. The van der Waals surface area contributed by atoms with Crippen molar-refractivity contribution in [3.63, 3.8) is 0 Å². The van der Waals surface area contributed by atoms with Gasteiger partial charge in [-0.25, -0.2) is 0 Å². The van der Waals surface area contributed by atoms with Gasteiger partial charge in [-0.2, -0.15) is 0 Å². The Morgan fingerprint density at radius 2 is 2.28 bits per heavy atom. The fourth-order valence-corrected chi connectivity index (χ4v) is 2.96. The van der Waals surface area contributed by atoms with Crippen molar-refractivity contribution in [3.8, 4) is 0 Å². The number of nitrogens with one attached hydrogen (secondary N) is 1. The van der Waals surface area contributed by atoms with E-state index in [1.54, 1.807) is 0 Å². The highest BCUT2D eigenvalue weighted by molar-refractivity contribution is 5.08. The minimum absolute atomic E-state index is 0.540. The van der Waals surface area contributed by atoms with Crippen LogP contribution in [0.2, 0.25) is 0 Å². The van der Waals surface area contributed by atoms with Gasteiger partial charge in [0, 0.05) is 32.0 Å². The molecular formula is C15H25N3. The molecule has 0 amide bonds. The van der Waals surface area contributed by atoms with E-state index in [0.29, 0.717) is 5.41 Å². The molecule has 1 N–H and O–H groups in total. The molecule has 0 saturated heterocycles. The van der Waals surface area contributed by atoms with Gasteiger partial charge in [-0.3, -0.25) is 4.98 Å². The van der Waals surface area contributed by atoms with Gasteiger partial charge in [-0.1, -0.05) is 12.5 Å². The first kappa shape index (κ1) is 13.5. The van der Waals surface area contributed by atoms with E-state index in [1.165, 1.54) is 31.4 Å². The smallest absolute Gasteiger partial charge is 0.0300 e. The van der Waals surface area contributed by atoms with Crippen LogP contribution in [0, 0.1) is 5.41 Å². The average Bonchev–Trinajstić information content (AvgIpc) is 2.35. The summed E-state index contributed by atoms with van der Waals surface area (Å²) < 4.78 is 0. The molecule has 1 fully saturated rings. The third-order valence-electron chi connectivity index (χ3n) is 4.08. The lowest BCUT2D eigenvalue weighted by Gasteiger charge is -2.44. The van der Waals surface area contributed by atoms with Gasteiger partial charge < -0.3 is 10.2 Å². The summed E-state index contributed by atoms with van der Waals surface area (Å²) in [6, 6.07) is 4.18. The van der Waals surface area contributed by atoms with Crippen molar-refractivity contribution in [3.05, 3.63) is 30.1 Å². The highest BCUT2D eigenvalue weighted by atomic mass is 15.1. The van der Waals surface area contributed by atoms with Crippen LogP contribution in [0.15, 0.2) is 24.5 Å². The summed E-state index contributed by atoms with van der Waals surface area (Å²) in [6.07, 6.45) is 9.07. The SMILES string of the molecule is CNCC1(CN(C)CCc2cccnc2)CCC1. The van der Waals surface area contributed by atoms with Crippen LogP contribution in [-0.4, -0.2) is 43.6 Å². The minimum Gasteiger partial charge on any atom is -0.319 e. The maximum absolute atomic E-state index is 4.17. The number of nitrogens with zero attached hydrogens (tertiary/aromatic N) is 2. The Kier molecular flexibility index (Phi) is 4.72. The van der Waals surface area contributed by atoms with Gasteiger partial charge in [0.05, 0.1) is 0 Å². The first-order valence-corrected chi connectivity index (χ1v) is 6.96. The van der Waals surface area contributed by atoms with E-state index in [2.05, 4.69) is 35.4 Å². The van der Waals surface area contributed by atoms with Gasteiger partial charge in [0.15, 0.2) is 0 Å². The summed E-state index contributed by atoms with van der Waals surface area (Å²) >= 11 is 0. The summed E-state index contributed by atoms with van der Waals surface area (Å²) in [5.41, 5.74) is 1.87. The number of pyridine rings is 1. The average molecular weight is 247 g/mol. The predicted molar refractivity (Wildman–Crippen MR) is 75.6 cm³/mol. The van der Waals surface area contributed by atoms with E-state index >= 15 is 0 Å². The highest BCUT2D eigenvalue weighted by Gasteiger charge is 2.36. The van der Waals surface area contributed by atoms with Gasteiger partial charge in [0.1, 0.15) is 0 Å². The van der Waals surface area contributed by atoms with Gasteiger partial charge in [-0.15, -0.1) is 0 Å². The van der Waals surface area contributed by atoms with Gasteiger partial charge in [0.25, 0.3) is 0 Å². The van der Waals surface area contributed by atoms with Gasteiger partial charge in [-0.05, 0) is 50.4 Å². The third-order valence-corrected chi connectivity index (χ3v) is 4.08. The summed E-state index contributed by atoms with van der Waals surface area (Å²) in [4.78, 5) is 6.64. The molecule has 0 aromatic carbocycles. The Labute approximate surface area is 111 Å². The molecule has 0 atom stereocenters. The molecule has 1 aromatic heterocycles. The van der Waals surface area contributed by atoms with E-state index in [9.17, 15) is 0 Å². The zero-order valence-corrected chi connectivity index (χ0v) is 11.7. The first-order valence-electron chi connectivity index (χ1n) is 6.96. The van der Waals surface area contributed by atoms with E-state index in [0.717, 1.165) is 19.5 Å². The molecule has 0 aliphatic heterocycles. The zero-order chi connectivity index (χ0) is 12.8. The standard InChI is InChI=1S/C15H25N3/c1-16-12-15(7-4-8-15)13-18(2)10-6-14-5-3-9-17-11-14/h3,5,9,11,16H,4,6-8,10,12-13H2,1-2H3. The van der Waals surface area contributed by atoms with Gasteiger partial charge >= 0.3 is 0 Å². The summed E-state index contributed by atoms with van der Waals surface area (Å²) in [7, 11) is 4.31. The van der Waals surface area contributed by atoms with Crippen molar-refractivity contribution < 1.29 is 0 Å². The minimum atomic E-state index is 0.540. The molecule has 3 heteroatoms. The fraction of sp³-hybridized carbons (Fsp3) is 0.667. The summed E-state index contributed by atoms with van der Waals surface area (Å²) in [6.45, 7) is 3.50. The molecule has 3 nitrogen and oxygen atoms in total. The highest BCUT2D eigenvalue weighted by Crippen LogP contribution is 2.40. The molecule has 0 bridgehead atoms. The molecule has 2 rings (SSSR count). The molecule has 1 aromatic rings. The molecule has 18 heavy (non-hydrogen) atoms. The van der Waals surface area contributed by atoms with Crippen molar-refractivity contribution in [2.75, 3.05) is 33.7 Å². The molecule has 1 heterocycles. The number of hydrogen-bond donors (Lipinski definition) is 1. The molecule has 1 aliphatic rings. The molecule has 1 aliphatic carbocycles. The second kappa shape index (κ2) is 6.30. The van der Waals surface area contributed by atoms with Crippen molar-refractivity contribution in [2.24, 2.45) is 5.41 Å². The van der Waals surface area contributed by atoms with Crippen LogP contribution in [0.3, 0.4) is 0 Å². The maximum Gasteiger partial charge on any atom is 0.0300 e. The normalized spacial score (nSPS) is 17.7. The lowest BCUT2D eigenvalue weighted by molar-refractivity contribution is 0.0803. The van der Waals surface area contributed by atoms with E-state index < -0.39 is 0 Å². The molecule has 0 radical (unpaired) electrons. The Morgan fingerprint density at radius 1 is 1.44 bits per heavy atom. The quantitative estimate of drug-likeness (QED) is 0.798. The number of hydrogen-bond acceptors (Lipinski definition) is 3. The second-order valence-corrected chi connectivity index (χ2v) is 5.73. The number of rotatable bonds is 7. The van der Waals surface area contributed by atoms with E-state index in [1.807, 2.05) is 18.5 Å². The van der Waals surface area contributed by atoms with Crippen molar-refractivity contribution in [1.82, 2.24) is 15.2 Å². The summed E-state index contributed by atoms with van der Waals surface area (Å²) in [5.74, 6) is 0. The zero-order valence-electron chi connectivity index (χ0n) is 11.7. The molecule has 100 valence electrons. The third kappa shape index (κ3) is 3.53. The molecule has 0 spiro atoms. The lowest BCUT2D eigenvalue weighted by atomic mass is 9.68. The van der Waals surface area contributed by atoms with Crippen molar-refractivity contribution in [1.29, 1.82) is 0 Å². The Bertz CT molecular complexity index is 346. The van der Waals surface area contributed by atoms with Crippen LogP contribution in [0.4, 0.5) is 0 Å². The molecule has 0 unspecified atom stereocenters. The van der Waals surface area contributed by atoms with E-state index in [4.69, 9.17) is 0 Å². The monoisotopic (exact) mass is 247 g/mol. The Morgan fingerprint density at radius 3 is 2.83 bits per heavy atom. The van der Waals surface area contributed by atoms with Crippen LogP contribution in [0.25, 0.3) is 0 Å². The predicted octanol–water partition coefficient (Wildman–Crippen LogP) is 1.95. The van der Waals surface area contributed by atoms with Gasteiger partial charge in [0.2, 0.25) is 0 Å². The van der Waals surface area contributed by atoms with Crippen LogP contribution >= 0.6 is 0 Å². The number of aromatic nitrogens is 1. The van der Waals surface area contributed by atoms with Crippen LogP contribution in [0.1, 0.15) is 24.8 Å². The summed E-state index contributed by atoms with van der Waals surface area (Å²) in [5, 5.41) is 3.35. The molecular weight excluding hydrogens is 222 g/mol. The fourth-order valence-electron chi connectivity index (χ4n) is 2.96. The van der Waals surface area contributed by atoms with Crippen molar-refractivity contribution >= 4 is 0 Å². The first-order chi connectivity index (χ1) is 8.74. The lowest BCUT2D eigenvalue weighted by Crippen LogP contribution is -2.47. The Hall–Kier alpha value is -0.930.